The number of carbonyl (C=O) groups is 1. The summed E-state index contributed by atoms with van der Waals surface area (Å²) in [5, 5.41) is 10.5. The van der Waals surface area contributed by atoms with Crippen molar-refractivity contribution in [3.8, 4) is 5.75 Å². The number of carbonyl (C=O) groups excluding carboxylic acids is 1. The number of hydrogen-bond donors (Lipinski definition) is 2. The topological polar surface area (TPSA) is 68.2 Å². The van der Waals surface area contributed by atoms with E-state index in [2.05, 4.69) is 4.57 Å². The lowest BCUT2D eigenvalue weighted by Gasteiger charge is -2.23. The van der Waals surface area contributed by atoms with Crippen molar-refractivity contribution in [3.63, 3.8) is 0 Å². The van der Waals surface area contributed by atoms with E-state index in [1.54, 1.807) is 12.1 Å². The van der Waals surface area contributed by atoms with E-state index in [0.29, 0.717) is 11.5 Å². The van der Waals surface area contributed by atoms with Gasteiger partial charge in [-0.25, -0.2) is 0 Å². The maximum absolute atomic E-state index is 11.8. The van der Waals surface area contributed by atoms with Crippen LogP contribution in [0.15, 0.2) is 18.2 Å². The summed E-state index contributed by atoms with van der Waals surface area (Å²) in [5.41, 5.74) is 7.98. The molecule has 1 aromatic heterocycles. The summed E-state index contributed by atoms with van der Waals surface area (Å²) < 4.78 is 2.20. The van der Waals surface area contributed by atoms with Crippen LogP contribution < -0.4 is 5.73 Å². The number of fused-ring (bicyclic) bond motifs is 1. The number of nitrogens with two attached hydrogens (primary N) is 1. The van der Waals surface area contributed by atoms with Crippen LogP contribution in [0, 0.1) is 12.8 Å². The highest BCUT2D eigenvalue weighted by Gasteiger charge is 2.21. The van der Waals surface area contributed by atoms with Crippen LogP contribution in [-0.4, -0.2) is 15.6 Å². The van der Waals surface area contributed by atoms with E-state index in [4.69, 9.17) is 5.73 Å². The van der Waals surface area contributed by atoms with E-state index in [1.807, 2.05) is 13.0 Å². The van der Waals surface area contributed by atoms with E-state index < -0.39 is 5.91 Å². The SMILES string of the molecule is Cc1c(C(N)=O)c2cc(O)ccc2n1CC1CCCCC1. The molecule has 0 saturated heterocycles. The first-order chi connectivity index (χ1) is 10.1. The summed E-state index contributed by atoms with van der Waals surface area (Å²) in [7, 11) is 0. The Morgan fingerprint density at radius 2 is 2.05 bits per heavy atom. The minimum absolute atomic E-state index is 0.166. The number of phenols is 1. The molecule has 1 heterocycles. The molecule has 4 nitrogen and oxygen atoms in total. The number of phenolic OH excluding ortho intramolecular Hbond substituents is 1. The molecule has 1 saturated carbocycles. The highest BCUT2D eigenvalue weighted by Crippen LogP contribution is 2.32. The van der Waals surface area contributed by atoms with E-state index in [0.717, 1.165) is 23.1 Å². The summed E-state index contributed by atoms with van der Waals surface area (Å²) in [4.78, 5) is 11.8. The fourth-order valence-electron chi connectivity index (χ4n) is 3.64. The van der Waals surface area contributed by atoms with E-state index >= 15 is 0 Å². The minimum atomic E-state index is -0.425. The molecule has 21 heavy (non-hydrogen) atoms. The molecule has 0 spiro atoms. The van der Waals surface area contributed by atoms with Gasteiger partial charge < -0.3 is 15.4 Å². The van der Waals surface area contributed by atoms with Crippen molar-refractivity contribution in [1.82, 2.24) is 4.57 Å². The smallest absolute Gasteiger partial charge is 0.251 e. The number of hydrogen-bond acceptors (Lipinski definition) is 2. The van der Waals surface area contributed by atoms with Gasteiger partial charge in [-0.2, -0.15) is 0 Å². The monoisotopic (exact) mass is 286 g/mol. The highest BCUT2D eigenvalue weighted by atomic mass is 16.3. The third-order valence-corrected chi connectivity index (χ3v) is 4.72. The van der Waals surface area contributed by atoms with Crippen molar-refractivity contribution in [3.05, 3.63) is 29.5 Å². The van der Waals surface area contributed by atoms with E-state index in [9.17, 15) is 9.90 Å². The quantitative estimate of drug-likeness (QED) is 0.908. The predicted octanol–water partition coefficient (Wildman–Crippen LogP) is 3.33. The Hall–Kier alpha value is -1.97. The molecule has 0 bridgehead atoms. The van der Waals surface area contributed by atoms with Gasteiger partial charge in [-0.05, 0) is 43.9 Å². The van der Waals surface area contributed by atoms with Crippen molar-refractivity contribution >= 4 is 16.8 Å². The first-order valence-electron chi connectivity index (χ1n) is 7.69. The fraction of sp³-hybridized carbons (Fsp3) is 0.471. The van der Waals surface area contributed by atoms with Gasteiger partial charge in [-0.3, -0.25) is 4.79 Å². The molecule has 112 valence electrons. The second-order valence-corrected chi connectivity index (χ2v) is 6.14. The average Bonchev–Trinajstić information content (AvgIpc) is 2.72. The van der Waals surface area contributed by atoms with Crippen molar-refractivity contribution in [2.24, 2.45) is 11.7 Å². The summed E-state index contributed by atoms with van der Waals surface area (Å²) in [5.74, 6) is 0.410. The maximum Gasteiger partial charge on any atom is 0.251 e. The Bertz CT molecular complexity index is 682. The molecule has 3 rings (SSSR count). The fourth-order valence-corrected chi connectivity index (χ4v) is 3.64. The van der Waals surface area contributed by atoms with Gasteiger partial charge in [0.1, 0.15) is 5.75 Å². The van der Waals surface area contributed by atoms with Crippen LogP contribution in [0.2, 0.25) is 0 Å². The molecule has 0 radical (unpaired) electrons. The molecule has 2 aromatic rings. The summed E-state index contributed by atoms with van der Waals surface area (Å²) in [6.45, 7) is 2.88. The summed E-state index contributed by atoms with van der Waals surface area (Å²) in [6.07, 6.45) is 6.44. The van der Waals surface area contributed by atoms with Gasteiger partial charge in [-0.1, -0.05) is 19.3 Å². The third kappa shape index (κ3) is 2.50. The lowest BCUT2D eigenvalue weighted by Crippen LogP contribution is -2.16. The molecule has 1 fully saturated rings. The van der Waals surface area contributed by atoms with Crippen LogP contribution in [-0.2, 0) is 6.54 Å². The molecule has 1 aromatic carbocycles. The largest absolute Gasteiger partial charge is 0.508 e. The van der Waals surface area contributed by atoms with Crippen molar-refractivity contribution in [2.75, 3.05) is 0 Å². The molecule has 0 aliphatic heterocycles. The number of rotatable bonds is 3. The predicted molar refractivity (Wildman–Crippen MR) is 83.4 cm³/mol. The number of aromatic nitrogens is 1. The molecular formula is C17H22N2O2. The van der Waals surface area contributed by atoms with Crippen molar-refractivity contribution < 1.29 is 9.90 Å². The van der Waals surface area contributed by atoms with Gasteiger partial charge in [0.25, 0.3) is 5.91 Å². The zero-order chi connectivity index (χ0) is 15.0. The van der Waals surface area contributed by atoms with Gasteiger partial charge in [-0.15, -0.1) is 0 Å². The number of benzene rings is 1. The molecule has 1 amide bonds. The van der Waals surface area contributed by atoms with Gasteiger partial charge >= 0.3 is 0 Å². The van der Waals surface area contributed by atoms with Crippen LogP contribution in [0.5, 0.6) is 5.75 Å². The van der Waals surface area contributed by atoms with E-state index in [1.165, 1.54) is 32.1 Å². The zero-order valence-corrected chi connectivity index (χ0v) is 12.4. The van der Waals surface area contributed by atoms with Crippen LogP contribution >= 0.6 is 0 Å². The summed E-state index contributed by atoms with van der Waals surface area (Å²) >= 11 is 0. The first kappa shape index (κ1) is 14.0. The Labute approximate surface area is 124 Å². The Morgan fingerprint density at radius 3 is 2.71 bits per heavy atom. The maximum atomic E-state index is 11.8. The number of primary amides is 1. The molecule has 3 N–H and O–H groups in total. The number of aromatic hydroxyl groups is 1. The highest BCUT2D eigenvalue weighted by molar-refractivity contribution is 6.08. The Kier molecular flexibility index (Phi) is 3.62. The minimum Gasteiger partial charge on any atom is -0.508 e. The second kappa shape index (κ2) is 5.43. The lowest BCUT2D eigenvalue weighted by atomic mass is 9.89. The normalized spacial score (nSPS) is 16.4. The zero-order valence-electron chi connectivity index (χ0n) is 12.4. The molecular weight excluding hydrogens is 264 g/mol. The van der Waals surface area contributed by atoms with Crippen molar-refractivity contribution in [1.29, 1.82) is 0 Å². The van der Waals surface area contributed by atoms with Crippen LogP contribution in [0.25, 0.3) is 10.9 Å². The van der Waals surface area contributed by atoms with Crippen LogP contribution in [0.4, 0.5) is 0 Å². The van der Waals surface area contributed by atoms with E-state index in [-0.39, 0.29) is 5.75 Å². The molecule has 0 unspecified atom stereocenters. The number of amides is 1. The first-order valence-corrected chi connectivity index (χ1v) is 7.69. The van der Waals surface area contributed by atoms with Gasteiger partial charge in [0.15, 0.2) is 0 Å². The lowest BCUT2D eigenvalue weighted by molar-refractivity contribution is 0.100. The Morgan fingerprint density at radius 1 is 1.33 bits per heavy atom. The molecule has 1 aliphatic carbocycles. The standard InChI is InChI=1S/C17H22N2O2/c1-11-16(17(18)21)14-9-13(20)7-8-15(14)19(11)10-12-5-3-2-4-6-12/h7-9,12,20H,2-6,10H2,1H3,(H2,18,21). The molecule has 1 aliphatic rings. The number of nitrogens with zero attached hydrogens (tertiary/aromatic N) is 1. The second-order valence-electron chi connectivity index (χ2n) is 6.14. The van der Waals surface area contributed by atoms with Gasteiger partial charge in [0, 0.05) is 23.1 Å². The molecule has 4 heteroatoms. The Balaban J connectivity index is 2.08. The summed E-state index contributed by atoms with van der Waals surface area (Å²) in [6, 6.07) is 5.19. The van der Waals surface area contributed by atoms with Gasteiger partial charge in [0.05, 0.1) is 5.56 Å². The van der Waals surface area contributed by atoms with Crippen LogP contribution in [0.3, 0.4) is 0 Å². The van der Waals surface area contributed by atoms with Crippen molar-refractivity contribution in [2.45, 2.75) is 45.6 Å². The molecule has 0 atom stereocenters. The van der Waals surface area contributed by atoms with Gasteiger partial charge in [0.2, 0.25) is 0 Å². The average molecular weight is 286 g/mol. The third-order valence-electron chi connectivity index (χ3n) is 4.72. The van der Waals surface area contributed by atoms with Crippen LogP contribution in [0.1, 0.15) is 48.2 Å².